The quantitative estimate of drug-likeness (QED) is 0.353. The Labute approximate surface area is 229 Å². The van der Waals surface area contributed by atoms with Crippen LogP contribution in [0.3, 0.4) is 0 Å². The molecule has 1 aliphatic heterocycles. The van der Waals surface area contributed by atoms with Gasteiger partial charge in [0.25, 0.3) is 5.91 Å². The van der Waals surface area contributed by atoms with E-state index >= 15 is 0 Å². The lowest BCUT2D eigenvalue weighted by atomic mass is 10.0. The molecule has 200 valence electrons. The molecule has 2 aromatic carbocycles. The van der Waals surface area contributed by atoms with E-state index in [0.29, 0.717) is 35.8 Å². The number of hydrogen-bond donors (Lipinski definition) is 2. The minimum Gasteiger partial charge on any atom is -0.366 e. The second-order valence-corrected chi connectivity index (χ2v) is 11.9. The number of nitrogens with one attached hydrogen (secondary N) is 1. The lowest BCUT2D eigenvalue weighted by molar-refractivity contribution is -0.119. The van der Waals surface area contributed by atoms with Gasteiger partial charge in [-0.1, -0.05) is 30.3 Å². The number of primary amides is 1. The predicted octanol–water partition coefficient (Wildman–Crippen LogP) is 3.43. The van der Waals surface area contributed by atoms with Gasteiger partial charge < -0.3 is 16.0 Å². The second-order valence-electron chi connectivity index (χ2n) is 9.20. The first kappa shape index (κ1) is 26.3. The molecule has 1 fully saturated rings. The summed E-state index contributed by atoms with van der Waals surface area (Å²) in [5, 5.41) is 5.09. The standard InChI is InChI=1S/C27H25N5O5S2/c1-39(36,37)31-13-11-21(15-31)26(35)32-12-3-6-23(32)25(34)30-27-29-22(16-38-27)20-5-2-4-19(14-20)17-7-9-18(10-8-17)24(28)33/h2,4-5,7-11,13-16,23H,3,6,12H2,1H3,(H2,28,33)(H,29,30,34)/t23-/m0/s1. The Balaban J connectivity index is 1.28. The molecule has 0 bridgehead atoms. The van der Waals surface area contributed by atoms with Crippen LogP contribution in [0.4, 0.5) is 5.13 Å². The summed E-state index contributed by atoms with van der Waals surface area (Å²) < 4.78 is 24.5. The summed E-state index contributed by atoms with van der Waals surface area (Å²) in [4.78, 5) is 43.6. The van der Waals surface area contributed by atoms with Crippen molar-refractivity contribution >= 4 is 44.2 Å². The first-order valence-electron chi connectivity index (χ1n) is 12.1. The van der Waals surface area contributed by atoms with E-state index in [1.807, 2.05) is 41.8 Å². The van der Waals surface area contributed by atoms with E-state index in [2.05, 4.69) is 10.3 Å². The molecule has 39 heavy (non-hydrogen) atoms. The number of hydrogen-bond acceptors (Lipinski definition) is 7. The molecule has 3 amide bonds. The van der Waals surface area contributed by atoms with Gasteiger partial charge in [-0.2, -0.15) is 0 Å². The monoisotopic (exact) mass is 563 g/mol. The van der Waals surface area contributed by atoms with Gasteiger partial charge in [0, 0.05) is 35.4 Å². The number of amides is 3. The first-order valence-corrected chi connectivity index (χ1v) is 14.8. The van der Waals surface area contributed by atoms with Crippen molar-refractivity contribution in [3.05, 3.63) is 83.5 Å². The van der Waals surface area contributed by atoms with Crippen LogP contribution in [0, 0.1) is 0 Å². The Morgan fingerprint density at radius 3 is 2.46 bits per heavy atom. The maximum Gasteiger partial charge on any atom is 0.256 e. The summed E-state index contributed by atoms with van der Waals surface area (Å²) >= 11 is 1.28. The van der Waals surface area contributed by atoms with Crippen molar-refractivity contribution in [1.82, 2.24) is 13.9 Å². The fourth-order valence-corrected chi connectivity index (χ4v) is 5.80. The van der Waals surface area contributed by atoms with Crippen LogP contribution in [0.1, 0.15) is 33.6 Å². The van der Waals surface area contributed by atoms with E-state index in [1.54, 1.807) is 12.1 Å². The van der Waals surface area contributed by atoms with Crippen LogP contribution in [-0.4, -0.2) is 58.8 Å². The molecule has 0 unspecified atom stereocenters. The molecular weight excluding hydrogens is 538 g/mol. The normalized spacial score (nSPS) is 15.3. The number of rotatable bonds is 7. The molecule has 1 saturated heterocycles. The molecule has 0 spiro atoms. The summed E-state index contributed by atoms with van der Waals surface area (Å²) in [5.74, 6) is -1.22. The minimum atomic E-state index is -3.51. The molecule has 4 aromatic rings. The number of benzene rings is 2. The van der Waals surface area contributed by atoms with Gasteiger partial charge in [-0.25, -0.2) is 13.4 Å². The van der Waals surface area contributed by atoms with Gasteiger partial charge in [-0.15, -0.1) is 11.3 Å². The average molecular weight is 564 g/mol. The van der Waals surface area contributed by atoms with Gasteiger partial charge in [0.05, 0.1) is 17.5 Å². The van der Waals surface area contributed by atoms with Gasteiger partial charge in [-0.05, 0) is 48.2 Å². The molecule has 10 nitrogen and oxygen atoms in total. The molecule has 3 N–H and O–H groups in total. The van der Waals surface area contributed by atoms with Crippen LogP contribution >= 0.6 is 11.3 Å². The lowest BCUT2D eigenvalue weighted by Gasteiger charge is -2.23. The molecule has 12 heteroatoms. The summed E-state index contributed by atoms with van der Waals surface area (Å²) in [6.07, 6.45) is 4.79. The molecule has 1 aliphatic rings. The number of nitrogens with two attached hydrogens (primary N) is 1. The van der Waals surface area contributed by atoms with Crippen LogP contribution in [0.25, 0.3) is 22.4 Å². The van der Waals surface area contributed by atoms with Crippen LogP contribution in [0.2, 0.25) is 0 Å². The maximum atomic E-state index is 13.1. The van der Waals surface area contributed by atoms with Gasteiger partial charge in [-0.3, -0.25) is 18.4 Å². The van der Waals surface area contributed by atoms with Crippen LogP contribution in [-0.2, 0) is 14.8 Å². The Morgan fingerprint density at radius 1 is 1.03 bits per heavy atom. The van der Waals surface area contributed by atoms with Crippen molar-refractivity contribution in [1.29, 1.82) is 0 Å². The van der Waals surface area contributed by atoms with E-state index in [0.717, 1.165) is 26.9 Å². The van der Waals surface area contributed by atoms with E-state index in [-0.39, 0.29) is 11.5 Å². The predicted molar refractivity (Wildman–Crippen MR) is 149 cm³/mol. The van der Waals surface area contributed by atoms with Crippen LogP contribution < -0.4 is 11.1 Å². The molecule has 2 aromatic heterocycles. The summed E-state index contributed by atoms with van der Waals surface area (Å²) in [6.45, 7) is 0.400. The summed E-state index contributed by atoms with van der Waals surface area (Å²) in [5.41, 5.74) is 9.37. The zero-order valence-corrected chi connectivity index (χ0v) is 22.5. The van der Waals surface area contributed by atoms with Gasteiger partial charge in [0.15, 0.2) is 5.13 Å². The highest BCUT2D eigenvalue weighted by molar-refractivity contribution is 7.89. The molecule has 3 heterocycles. The third kappa shape index (κ3) is 5.61. The van der Waals surface area contributed by atoms with Crippen molar-refractivity contribution < 1.29 is 22.8 Å². The molecule has 5 rings (SSSR count). The SMILES string of the molecule is CS(=O)(=O)n1ccc(C(=O)N2CCC[C@H]2C(=O)Nc2nc(-c3cccc(-c4ccc(C(N)=O)cc4)c3)cs2)c1. The van der Waals surface area contributed by atoms with E-state index < -0.39 is 27.9 Å². The number of thiazole rings is 1. The minimum absolute atomic E-state index is 0.209. The molecule has 0 aliphatic carbocycles. The van der Waals surface area contributed by atoms with Crippen molar-refractivity contribution in [3.63, 3.8) is 0 Å². The van der Waals surface area contributed by atoms with Crippen molar-refractivity contribution in [2.24, 2.45) is 5.73 Å². The summed E-state index contributed by atoms with van der Waals surface area (Å²) in [6, 6.07) is 15.5. The third-order valence-corrected chi connectivity index (χ3v) is 8.26. The third-order valence-electron chi connectivity index (χ3n) is 6.51. The van der Waals surface area contributed by atoms with Crippen LogP contribution in [0.5, 0.6) is 0 Å². The van der Waals surface area contributed by atoms with Crippen molar-refractivity contribution in [2.45, 2.75) is 18.9 Å². The Morgan fingerprint density at radius 2 is 1.77 bits per heavy atom. The number of nitrogens with zero attached hydrogens (tertiary/aromatic N) is 3. The smallest absolute Gasteiger partial charge is 0.256 e. The van der Waals surface area contributed by atoms with Gasteiger partial charge >= 0.3 is 0 Å². The lowest BCUT2D eigenvalue weighted by Crippen LogP contribution is -2.43. The van der Waals surface area contributed by atoms with Gasteiger partial charge in [0.1, 0.15) is 6.04 Å². The van der Waals surface area contributed by atoms with E-state index in [9.17, 15) is 22.8 Å². The largest absolute Gasteiger partial charge is 0.366 e. The fraction of sp³-hybridized carbons (Fsp3) is 0.185. The van der Waals surface area contributed by atoms with Crippen molar-refractivity contribution in [3.8, 4) is 22.4 Å². The molecule has 0 saturated carbocycles. The highest BCUT2D eigenvalue weighted by Crippen LogP contribution is 2.30. The number of carbonyl (C=O) groups excluding carboxylic acids is 3. The van der Waals surface area contributed by atoms with E-state index in [1.165, 1.54) is 34.7 Å². The second kappa shape index (κ2) is 10.5. The number of aromatic nitrogens is 2. The highest BCUT2D eigenvalue weighted by atomic mass is 32.2. The number of likely N-dealkylation sites (tertiary alicyclic amines) is 1. The number of anilines is 1. The Hall–Kier alpha value is -4.29. The zero-order chi connectivity index (χ0) is 27.7. The topological polar surface area (TPSA) is 144 Å². The molecule has 0 radical (unpaired) electrons. The molecule has 1 atom stereocenters. The van der Waals surface area contributed by atoms with E-state index in [4.69, 9.17) is 5.73 Å². The summed E-state index contributed by atoms with van der Waals surface area (Å²) in [7, 11) is -3.51. The number of carbonyl (C=O) groups is 3. The average Bonchev–Trinajstić information content (AvgIpc) is 3.69. The van der Waals surface area contributed by atoms with Crippen LogP contribution in [0.15, 0.2) is 72.4 Å². The Kier molecular flexibility index (Phi) is 7.06. The molecular formula is C27H25N5O5S2. The zero-order valence-electron chi connectivity index (χ0n) is 20.9. The first-order chi connectivity index (χ1) is 18.6. The maximum absolute atomic E-state index is 13.1. The van der Waals surface area contributed by atoms with Gasteiger partial charge in [0.2, 0.25) is 21.8 Å². The van der Waals surface area contributed by atoms with Crippen molar-refractivity contribution in [2.75, 3.05) is 18.1 Å². The Bertz CT molecular complexity index is 1670. The highest BCUT2D eigenvalue weighted by Gasteiger charge is 2.35. The fourth-order valence-electron chi connectivity index (χ4n) is 4.50.